The summed E-state index contributed by atoms with van der Waals surface area (Å²) in [5.41, 5.74) is 0.713. The highest BCUT2D eigenvalue weighted by Gasteiger charge is 2.32. The SMILES string of the molecule is CC(=O)Nc1nc(F)c(CN2C[C@H](Oc3ncc4cnn(C)c4n3)C[C@@H]2C)s1. The van der Waals surface area contributed by atoms with Crippen molar-refractivity contribution in [3.63, 3.8) is 0 Å². The molecule has 2 atom stereocenters. The fraction of sp³-hybridized carbons (Fsp3) is 0.471. The van der Waals surface area contributed by atoms with Crippen molar-refractivity contribution in [2.24, 2.45) is 7.05 Å². The molecule has 11 heteroatoms. The summed E-state index contributed by atoms with van der Waals surface area (Å²) in [4.78, 5) is 26.2. The topological polar surface area (TPSA) is 98.1 Å². The highest BCUT2D eigenvalue weighted by atomic mass is 32.1. The minimum atomic E-state index is -0.546. The number of fused-ring (bicyclic) bond motifs is 1. The van der Waals surface area contributed by atoms with Gasteiger partial charge in [0.2, 0.25) is 11.9 Å². The molecule has 3 aromatic heterocycles. The largest absolute Gasteiger partial charge is 0.459 e. The van der Waals surface area contributed by atoms with E-state index in [9.17, 15) is 9.18 Å². The summed E-state index contributed by atoms with van der Waals surface area (Å²) in [7, 11) is 1.82. The number of hydrogen-bond donors (Lipinski definition) is 1. The molecule has 0 unspecified atom stereocenters. The molecule has 4 heterocycles. The molecule has 148 valence electrons. The molecule has 1 fully saturated rings. The number of aromatic nitrogens is 5. The predicted molar refractivity (Wildman–Crippen MR) is 102 cm³/mol. The van der Waals surface area contributed by atoms with E-state index in [2.05, 4.69) is 37.2 Å². The molecule has 0 spiro atoms. The number of hydrogen-bond acceptors (Lipinski definition) is 8. The van der Waals surface area contributed by atoms with Gasteiger partial charge in [-0.3, -0.25) is 14.4 Å². The molecule has 4 rings (SSSR count). The van der Waals surface area contributed by atoms with Crippen LogP contribution < -0.4 is 10.1 Å². The van der Waals surface area contributed by atoms with Gasteiger partial charge in [-0.15, -0.1) is 0 Å². The zero-order valence-corrected chi connectivity index (χ0v) is 16.5. The Hall–Kier alpha value is -2.66. The minimum absolute atomic E-state index is 0.0912. The molecule has 1 saturated heterocycles. The molecule has 3 aromatic rings. The number of carbonyl (C=O) groups is 1. The van der Waals surface area contributed by atoms with E-state index < -0.39 is 5.95 Å². The molecule has 1 aliphatic rings. The highest BCUT2D eigenvalue weighted by Crippen LogP contribution is 2.28. The Kier molecular flexibility index (Phi) is 4.94. The Balaban J connectivity index is 1.42. The van der Waals surface area contributed by atoms with E-state index in [0.717, 1.165) is 23.1 Å². The van der Waals surface area contributed by atoms with Crippen molar-refractivity contribution in [2.75, 3.05) is 11.9 Å². The number of nitrogens with one attached hydrogen (secondary N) is 1. The van der Waals surface area contributed by atoms with E-state index in [1.807, 2.05) is 7.05 Å². The monoisotopic (exact) mass is 405 g/mol. The molecule has 9 nitrogen and oxygen atoms in total. The highest BCUT2D eigenvalue weighted by molar-refractivity contribution is 7.15. The Morgan fingerprint density at radius 3 is 3.04 bits per heavy atom. The number of aryl methyl sites for hydroxylation is 1. The van der Waals surface area contributed by atoms with Gasteiger partial charge in [0.1, 0.15) is 6.10 Å². The van der Waals surface area contributed by atoms with Crippen molar-refractivity contribution < 1.29 is 13.9 Å². The van der Waals surface area contributed by atoms with Crippen LogP contribution in [0.2, 0.25) is 0 Å². The van der Waals surface area contributed by atoms with Crippen molar-refractivity contribution in [1.29, 1.82) is 0 Å². The van der Waals surface area contributed by atoms with E-state index in [1.54, 1.807) is 17.1 Å². The van der Waals surface area contributed by atoms with Crippen LogP contribution in [0.4, 0.5) is 9.52 Å². The third kappa shape index (κ3) is 3.80. The van der Waals surface area contributed by atoms with Gasteiger partial charge in [0.25, 0.3) is 0 Å². The van der Waals surface area contributed by atoms with Crippen LogP contribution in [0.15, 0.2) is 12.4 Å². The maximum Gasteiger partial charge on any atom is 0.318 e. The van der Waals surface area contributed by atoms with Gasteiger partial charge in [0, 0.05) is 45.7 Å². The normalized spacial score (nSPS) is 20.0. The summed E-state index contributed by atoms with van der Waals surface area (Å²) in [6, 6.07) is 0.517. The van der Waals surface area contributed by atoms with E-state index in [1.165, 1.54) is 6.92 Å². The van der Waals surface area contributed by atoms with Gasteiger partial charge in [-0.25, -0.2) is 4.98 Å². The van der Waals surface area contributed by atoms with Gasteiger partial charge in [0.05, 0.1) is 16.5 Å². The van der Waals surface area contributed by atoms with Crippen molar-refractivity contribution in [2.45, 2.75) is 39.0 Å². The molecule has 0 aromatic carbocycles. The number of rotatable bonds is 5. The summed E-state index contributed by atoms with van der Waals surface area (Å²) in [6.45, 7) is 4.48. The lowest BCUT2D eigenvalue weighted by atomic mass is 10.2. The number of thiazole rings is 1. The average molecular weight is 405 g/mol. The molecule has 0 saturated carbocycles. The second-order valence-corrected chi connectivity index (χ2v) is 7.95. The number of likely N-dealkylation sites (tertiary alicyclic amines) is 1. The minimum Gasteiger partial charge on any atom is -0.459 e. The Labute approximate surface area is 164 Å². The molecule has 28 heavy (non-hydrogen) atoms. The maximum absolute atomic E-state index is 14.1. The van der Waals surface area contributed by atoms with Crippen molar-refractivity contribution in [3.05, 3.63) is 23.2 Å². The van der Waals surface area contributed by atoms with Crippen molar-refractivity contribution in [1.82, 2.24) is 29.6 Å². The lowest BCUT2D eigenvalue weighted by molar-refractivity contribution is -0.114. The number of halogens is 1. The molecule has 1 amide bonds. The summed E-state index contributed by atoms with van der Waals surface area (Å²) in [5.74, 6) is -0.816. The third-order valence-corrected chi connectivity index (χ3v) is 5.60. The molecule has 0 radical (unpaired) electrons. The van der Waals surface area contributed by atoms with Crippen molar-refractivity contribution >= 4 is 33.4 Å². The zero-order valence-electron chi connectivity index (χ0n) is 15.7. The van der Waals surface area contributed by atoms with Crippen LogP contribution in [0.5, 0.6) is 6.01 Å². The predicted octanol–water partition coefficient (Wildman–Crippen LogP) is 1.96. The molecular weight excluding hydrogens is 385 g/mol. The van der Waals surface area contributed by atoms with E-state index in [-0.39, 0.29) is 23.2 Å². The number of anilines is 1. The third-order valence-electron chi connectivity index (χ3n) is 4.67. The Morgan fingerprint density at radius 1 is 1.43 bits per heavy atom. The first-order chi connectivity index (χ1) is 13.4. The van der Waals surface area contributed by atoms with Gasteiger partial charge in [-0.2, -0.15) is 19.5 Å². The molecule has 0 bridgehead atoms. The fourth-order valence-corrected chi connectivity index (χ4v) is 4.21. The second kappa shape index (κ2) is 7.40. The van der Waals surface area contributed by atoms with E-state index >= 15 is 0 Å². The van der Waals surface area contributed by atoms with Gasteiger partial charge < -0.3 is 10.1 Å². The van der Waals surface area contributed by atoms with Crippen LogP contribution in [0.3, 0.4) is 0 Å². The second-order valence-electron chi connectivity index (χ2n) is 6.87. The number of nitrogens with zero attached hydrogens (tertiary/aromatic N) is 6. The van der Waals surface area contributed by atoms with Gasteiger partial charge in [0.15, 0.2) is 10.8 Å². The first-order valence-electron chi connectivity index (χ1n) is 8.87. The smallest absolute Gasteiger partial charge is 0.318 e. The van der Waals surface area contributed by atoms with Crippen LogP contribution >= 0.6 is 11.3 Å². The van der Waals surface area contributed by atoms with E-state index in [4.69, 9.17) is 4.74 Å². The lowest BCUT2D eigenvalue weighted by Gasteiger charge is -2.19. The summed E-state index contributed by atoms with van der Waals surface area (Å²) >= 11 is 1.15. The van der Waals surface area contributed by atoms with Crippen LogP contribution in [0, 0.1) is 5.95 Å². The first kappa shape index (κ1) is 18.7. The molecule has 1 N–H and O–H groups in total. The fourth-order valence-electron chi connectivity index (χ4n) is 3.30. The maximum atomic E-state index is 14.1. The quantitative estimate of drug-likeness (QED) is 0.693. The number of ether oxygens (including phenoxy) is 1. The van der Waals surface area contributed by atoms with E-state index in [0.29, 0.717) is 29.6 Å². The Bertz CT molecular complexity index is 1020. The van der Waals surface area contributed by atoms with Gasteiger partial charge >= 0.3 is 6.01 Å². The Morgan fingerprint density at radius 2 is 2.25 bits per heavy atom. The first-order valence-corrected chi connectivity index (χ1v) is 9.69. The zero-order chi connectivity index (χ0) is 19.8. The van der Waals surface area contributed by atoms with Crippen LogP contribution in [-0.2, 0) is 18.4 Å². The van der Waals surface area contributed by atoms with Crippen LogP contribution in [0.25, 0.3) is 11.0 Å². The lowest BCUT2D eigenvalue weighted by Crippen LogP contribution is -2.28. The standard InChI is InChI=1S/C17H20FN7O2S/c1-9-4-12(27-16-19-5-11-6-20-24(3)15(11)23-16)7-25(9)8-13-14(18)22-17(28-13)21-10(2)26/h5-6,9,12H,4,7-8H2,1-3H3,(H,21,22,26)/t9-,12+/m0/s1. The van der Waals surface area contributed by atoms with Gasteiger partial charge in [-0.05, 0) is 6.92 Å². The molecule has 0 aliphatic carbocycles. The number of carbonyl (C=O) groups excluding carboxylic acids is 1. The molecule has 1 aliphatic heterocycles. The van der Waals surface area contributed by atoms with Gasteiger partial charge in [-0.1, -0.05) is 11.3 Å². The summed E-state index contributed by atoms with van der Waals surface area (Å²) in [6.07, 6.45) is 4.09. The van der Waals surface area contributed by atoms with Crippen LogP contribution in [-0.4, -0.2) is 54.2 Å². The van der Waals surface area contributed by atoms with Crippen LogP contribution in [0.1, 0.15) is 25.1 Å². The number of amides is 1. The molecular formula is C17H20FN7O2S. The van der Waals surface area contributed by atoms with Crippen molar-refractivity contribution in [3.8, 4) is 6.01 Å². The summed E-state index contributed by atoms with van der Waals surface area (Å²) < 4.78 is 21.7. The summed E-state index contributed by atoms with van der Waals surface area (Å²) in [5, 5.41) is 7.80. The average Bonchev–Trinajstić information content (AvgIpc) is 3.27.